The van der Waals surface area contributed by atoms with E-state index < -0.39 is 20.0 Å². The average molecular weight is 1140 g/mol. The third kappa shape index (κ3) is 60.3. The van der Waals surface area contributed by atoms with Crippen LogP contribution in [0.25, 0.3) is 0 Å². The fourth-order valence-electron chi connectivity index (χ4n) is 9.93. The number of carbonyl (C=O) groups excluding carboxylic acids is 2. The molecule has 2 N–H and O–H groups in total. The molecule has 0 rings (SSSR count). The lowest BCUT2D eigenvalue weighted by Crippen LogP contribution is -2.47. The Hall–Kier alpha value is -2.29. The molecule has 0 aliphatic carbocycles. The fraction of sp³-hybridized carbons (Fsp3) is 0.829. The summed E-state index contributed by atoms with van der Waals surface area (Å²) in [6.45, 7) is 7.02. The molecular weight excluding hydrogens is 1010 g/mol. The minimum absolute atomic E-state index is 0.0398. The van der Waals surface area contributed by atoms with Crippen LogP contribution < -0.4 is 5.32 Å². The molecule has 80 heavy (non-hydrogen) atoms. The molecule has 10 heteroatoms. The smallest absolute Gasteiger partial charge is 0.456 e. The number of nitrogens with zero attached hydrogens (tertiary/aromatic N) is 1. The number of phosphoric acid groups is 1. The molecule has 0 aliphatic heterocycles. The number of ether oxygens (including phenoxy) is 1. The van der Waals surface area contributed by atoms with Gasteiger partial charge in [-0.05, 0) is 76.7 Å². The molecule has 0 fully saturated rings. The second-order valence-corrected chi connectivity index (χ2v) is 25.8. The van der Waals surface area contributed by atoms with Crippen molar-refractivity contribution in [3.05, 3.63) is 60.8 Å². The van der Waals surface area contributed by atoms with Crippen LogP contribution in [-0.2, 0) is 27.9 Å². The van der Waals surface area contributed by atoms with Gasteiger partial charge in [0.2, 0.25) is 5.91 Å². The SMILES string of the molecule is CCCCC/C=C\C/C=C\C/C=C\C/C=C\CCCCCCCCCCCC(=O)OC(/C=C/CCCCCCCCCCCCC)C(COP(=O)(O)OCC[N+](C)(C)C)NC(=O)CCCCCCCCCCCCCCCCCC. The van der Waals surface area contributed by atoms with E-state index in [4.69, 9.17) is 13.8 Å². The minimum atomic E-state index is -4.45. The Morgan fingerprint density at radius 1 is 0.438 bits per heavy atom. The average Bonchev–Trinajstić information content (AvgIpc) is 3.42. The first-order chi connectivity index (χ1) is 38.9. The van der Waals surface area contributed by atoms with Crippen molar-refractivity contribution in [1.29, 1.82) is 0 Å². The van der Waals surface area contributed by atoms with Crippen LogP contribution in [0.3, 0.4) is 0 Å². The molecule has 0 bridgehead atoms. The lowest BCUT2D eigenvalue weighted by Gasteiger charge is -2.27. The molecule has 0 aromatic carbocycles. The highest BCUT2D eigenvalue weighted by Gasteiger charge is 2.30. The molecule has 468 valence electrons. The summed E-state index contributed by atoms with van der Waals surface area (Å²) in [5, 5.41) is 3.07. The normalized spacial score (nSPS) is 13.9. The number of esters is 1. The summed E-state index contributed by atoms with van der Waals surface area (Å²) < 4.78 is 30.8. The number of quaternary nitrogens is 1. The van der Waals surface area contributed by atoms with Crippen LogP contribution in [0.2, 0.25) is 0 Å². The van der Waals surface area contributed by atoms with Gasteiger partial charge in [-0.25, -0.2) is 4.57 Å². The van der Waals surface area contributed by atoms with E-state index in [1.54, 1.807) is 0 Å². The van der Waals surface area contributed by atoms with Crippen LogP contribution >= 0.6 is 7.82 Å². The van der Waals surface area contributed by atoms with Crippen molar-refractivity contribution in [3.63, 3.8) is 0 Å². The predicted octanol–water partition coefficient (Wildman–Crippen LogP) is 21.4. The Morgan fingerprint density at radius 3 is 1.16 bits per heavy atom. The first-order valence-corrected chi connectivity index (χ1v) is 35.6. The van der Waals surface area contributed by atoms with Crippen LogP contribution in [0.5, 0.6) is 0 Å². The predicted molar refractivity (Wildman–Crippen MR) is 346 cm³/mol. The van der Waals surface area contributed by atoms with E-state index in [0.717, 1.165) is 83.5 Å². The molecule has 0 aromatic heterocycles. The zero-order valence-electron chi connectivity index (χ0n) is 53.6. The molecule has 0 saturated carbocycles. The molecular formula is C70H132N2O7P+. The van der Waals surface area contributed by atoms with Gasteiger partial charge in [0.1, 0.15) is 19.3 Å². The Balaban J connectivity index is 5.14. The van der Waals surface area contributed by atoms with Crippen molar-refractivity contribution in [2.24, 2.45) is 0 Å². The number of rotatable bonds is 62. The van der Waals surface area contributed by atoms with Gasteiger partial charge in [-0.3, -0.25) is 18.6 Å². The summed E-state index contributed by atoms with van der Waals surface area (Å²) in [4.78, 5) is 37.8. The van der Waals surface area contributed by atoms with Gasteiger partial charge in [-0.2, -0.15) is 0 Å². The first kappa shape index (κ1) is 77.7. The first-order valence-electron chi connectivity index (χ1n) is 34.1. The van der Waals surface area contributed by atoms with E-state index in [9.17, 15) is 19.0 Å². The molecule has 0 aliphatic rings. The van der Waals surface area contributed by atoms with Crippen molar-refractivity contribution in [2.75, 3.05) is 40.9 Å². The number of phosphoric ester groups is 1. The van der Waals surface area contributed by atoms with Gasteiger partial charge in [0.25, 0.3) is 0 Å². The maximum Gasteiger partial charge on any atom is 0.472 e. The summed E-state index contributed by atoms with van der Waals surface area (Å²) in [5.74, 6) is -0.499. The monoisotopic (exact) mass is 1140 g/mol. The molecule has 0 radical (unpaired) electrons. The van der Waals surface area contributed by atoms with Crippen molar-refractivity contribution < 1.29 is 37.3 Å². The number of hydrogen-bond acceptors (Lipinski definition) is 6. The largest absolute Gasteiger partial charge is 0.472 e. The Bertz CT molecular complexity index is 1550. The van der Waals surface area contributed by atoms with Gasteiger partial charge in [0, 0.05) is 12.8 Å². The minimum Gasteiger partial charge on any atom is -0.456 e. The number of likely N-dealkylation sites (N-methyl/N-ethyl adjacent to an activating group) is 1. The molecule has 1 amide bonds. The number of amides is 1. The Labute approximate surface area is 496 Å². The number of nitrogens with one attached hydrogen (secondary N) is 1. The summed E-state index contributed by atoms with van der Waals surface area (Å²) in [7, 11) is 1.50. The van der Waals surface area contributed by atoms with Gasteiger partial charge < -0.3 is 19.4 Å². The van der Waals surface area contributed by atoms with E-state index in [0.29, 0.717) is 17.4 Å². The zero-order valence-corrected chi connectivity index (χ0v) is 54.5. The third-order valence-corrected chi connectivity index (χ3v) is 16.2. The molecule has 0 saturated heterocycles. The lowest BCUT2D eigenvalue weighted by molar-refractivity contribution is -0.870. The second kappa shape index (κ2) is 59.9. The summed E-state index contributed by atoms with van der Waals surface area (Å²) in [6.07, 6.45) is 76.4. The molecule has 0 aromatic rings. The van der Waals surface area contributed by atoms with Crippen molar-refractivity contribution in [2.45, 2.75) is 335 Å². The van der Waals surface area contributed by atoms with Crippen molar-refractivity contribution in [3.8, 4) is 0 Å². The van der Waals surface area contributed by atoms with Gasteiger partial charge >= 0.3 is 13.8 Å². The maximum atomic E-state index is 13.6. The van der Waals surface area contributed by atoms with Crippen LogP contribution in [0.1, 0.15) is 323 Å². The molecule has 3 atom stereocenters. The van der Waals surface area contributed by atoms with Gasteiger partial charge in [-0.1, -0.05) is 294 Å². The highest BCUT2D eigenvalue weighted by atomic mass is 31.2. The fourth-order valence-corrected chi connectivity index (χ4v) is 10.7. The van der Waals surface area contributed by atoms with Crippen LogP contribution in [0.15, 0.2) is 60.8 Å². The summed E-state index contributed by atoms with van der Waals surface area (Å²) in [5.41, 5.74) is 0. The molecule has 0 heterocycles. The van der Waals surface area contributed by atoms with Gasteiger partial charge in [0.05, 0.1) is 33.8 Å². The molecule has 3 unspecified atom stereocenters. The summed E-state index contributed by atoms with van der Waals surface area (Å²) in [6, 6.07) is -0.850. The maximum absolute atomic E-state index is 13.6. The topological polar surface area (TPSA) is 111 Å². The van der Waals surface area contributed by atoms with E-state index in [1.165, 1.54) is 205 Å². The van der Waals surface area contributed by atoms with Crippen LogP contribution in [0.4, 0.5) is 0 Å². The van der Waals surface area contributed by atoms with E-state index in [1.807, 2.05) is 33.3 Å². The van der Waals surface area contributed by atoms with E-state index in [-0.39, 0.29) is 31.5 Å². The van der Waals surface area contributed by atoms with E-state index in [2.05, 4.69) is 74.7 Å². The lowest BCUT2D eigenvalue weighted by atomic mass is 10.0. The number of allylic oxidation sites excluding steroid dienone is 9. The van der Waals surface area contributed by atoms with Crippen molar-refractivity contribution >= 4 is 19.7 Å². The highest BCUT2D eigenvalue weighted by molar-refractivity contribution is 7.47. The Kier molecular flexibility index (Phi) is 58.1. The second-order valence-electron chi connectivity index (χ2n) is 24.4. The zero-order chi connectivity index (χ0) is 58.6. The molecule has 9 nitrogen and oxygen atoms in total. The standard InChI is InChI=1S/C70H131N2O7P/c1-7-10-13-16-19-22-25-28-30-32-33-34-35-36-37-38-39-40-42-45-48-51-54-57-60-63-70(74)79-68(61-58-55-52-49-46-43-27-24-21-18-15-12-9-3)67(66-78-80(75,76)77-65-64-72(4,5)6)71-69(73)62-59-56-53-50-47-44-41-31-29-26-23-20-17-14-11-8-2/h19,22,28,30,33-34,36-37,58,61,67-68H,7-18,20-21,23-27,29,31-32,35,38-57,59-60,62-66H2,1-6H3,(H-,71,73,75,76)/p+1/b22-19-,30-28-,34-33-,37-36-,61-58+. The van der Waals surface area contributed by atoms with Crippen LogP contribution in [-0.4, -0.2) is 74.3 Å². The highest BCUT2D eigenvalue weighted by Crippen LogP contribution is 2.43. The van der Waals surface area contributed by atoms with Gasteiger partial charge in [0.15, 0.2) is 0 Å². The van der Waals surface area contributed by atoms with Crippen LogP contribution in [0, 0.1) is 0 Å². The van der Waals surface area contributed by atoms with E-state index >= 15 is 0 Å². The van der Waals surface area contributed by atoms with Gasteiger partial charge in [-0.15, -0.1) is 0 Å². The quantitative estimate of drug-likeness (QED) is 0.0205. The summed E-state index contributed by atoms with van der Waals surface area (Å²) >= 11 is 0. The molecule has 0 spiro atoms. The number of carbonyl (C=O) groups is 2. The number of hydrogen-bond donors (Lipinski definition) is 2. The number of unbranched alkanes of at least 4 members (excludes halogenated alkanes) is 38. The van der Waals surface area contributed by atoms with Crippen molar-refractivity contribution in [1.82, 2.24) is 5.32 Å². The Morgan fingerprint density at radius 2 is 0.762 bits per heavy atom. The third-order valence-electron chi connectivity index (χ3n) is 15.2.